The number of pyridine rings is 1. The molecule has 7 rings (SSSR count). The van der Waals surface area contributed by atoms with Crippen LogP contribution in [0.25, 0.3) is 28.0 Å². The van der Waals surface area contributed by atoms with Gasteiger partial charge in [0.2, 0.25) is 0 Å². The number of hydrogen-bond donors (Lipinski definition) is 2. The molecule has 2 saturated heterocycles. The molecule has 10 heteroatoms. The first-order chi connectivity index (χ1) is 19.5. The third-order valence-corrected chi connectivity index (χ3v) is 8.28. The number of nitrogens with zero attached hydrogens (tertiary/aromatic N) is 6. The van der Waals surface area contributed by atoms with E-state index in [4.69, 9.17) is 10.7 Å². The van der Waals surface area contributed by atoms with Gasteiger partial charge in [-0.15, -0.1) is 0 Å². The fourth-order valence-corrected chi connectivity index (χ4v) is 6.47. The van der Waals surface area contributed by atoms with Gasteiger partial charge in [-0.25, -0.2) is 9.97 Å². The van der Waals surface area contributed by atoms with Crippen LogP contribution in [0.15, 0.2) is 67.4 Å². The topological polar surface area (TPSA) is 135 Å². The molecule has 0 spiro atoms. The molecule has 40 heavy (non-hydrogen) atoms. The monoisotopic (exact) mass is 532 g/mol. The summed E-state index contributed by atoms with van der Waals surface area (Å²) < 4.78 is 1.55. The number of nitrogen functional groups attached to an aromatic ring is 1. The number of carbonyl (C=O) groups excluding carboxylic acids is 2. The van der Waals surface area contributed by atoms with Gasteiger partial charge in [-0.1, -0.05) is 36.4 Å². The van der Waals surface area contributed by atoms with Crippen molar-refractivity contribution < 1.29 is 9.59 Å². The summed E-state index contributed by atoms with van der Waals surface area (Å²) in [5.74, 6) is 0.0879. The highest BCUT2D eigenvalue weighted by Crippen LogP contribution is 2.45. The summed E-state index contributed by atoms with van der Waals surface area (Å²) in [7, 11) is 0. The van der Waals surface area contributed by atoms with Crippen molar-refractivity contribution in [2.24, 2.45) is 0 Å². The number of aromatic nitrogens is 6. The van der Waals surface area contributed by atoms with Crippen LogP contribution in [-0.2, 0) is 0 Å². The highest BCUT2D eigenvalue weighted by atomic mass is 16.2. The molecule has 6 heterocycles. The van der Waals surface area contributed by atoms with Gasteiger partial charge in [0.1, 0.15) is 11.5 Å². The Labute approximate surface area is 230 Å². The predicted molar refractivity (Wildman–Crippen MR) is 150 cm³/mol. The number of Topliss-reactive ketones (excluding diaryl/α,β-unsaturated/α-hetero) is 1. The normalized spacial score (nSPS) is 20.2. The third kappa shape index (κ3) is 3.86. The van der Waals surface area contributed by atoms with Gasteiger partial charge in [0.25, 0.3) is 5.91 Å². The molecule has 0 unspecified atom stereocenters. The quantitative estimate of drug-likeness (QED) is 0.318. The average molecular weight is 533 g/mol. The van der Waals surface area contributed by atoms with Crippen LogP contribution in [-0.4, -0.2) is 58.2 Å². The van der Waals surface area contributed by atoms with Crippen LogP contribution in [0.5, 0.6) is 0 Å². The minimum atomic E-state index is -0.143. The maximum absolute atomic E-state index is 13.2. The number of nitrogens with one attached hydrogen (secondary N) is 1. The second-order valence-electron chi connectivity index (χ2n) is 10.6. The number of aromatic amines is 1. The highest BCUT2D eigenvalue weighted by Gasteiger charge is 2.45. The molecule has 2 aliphatic rings. The number of hydrogen-bond acceptors (Lipinski definition) is 7. The Morgan fingerprint density at radius 3 is 2.40 bits per heavy atom. The van der Waals surface area contributed by atoms with Crippen molar-refractivity contribution in [1.29, 1.82) is 0 Å². The first-order valence-corrected chi connectivity index (χ1v) is 13.5. The van der Waals surface area contributed by atoms with E-state index in [0.717, 1.165) is 35.2 Å². The van der Waals surface area contributed by atoms with Crippen molar-refractivity contribution in [3.05, 3.63) is 84.3 Å². The van der Waals surface area contributed by atoms with Crippen molar-refractivity contribution in [1.82, 2.24) is 34.4 Å². The summed E-state index contributed by atoms with van der Waals surface area (Å²) in [5, 5.41) is 4.50. The molecule has 0 radical (unpaired) electrons. The summed E-state index contributed by atoms with van der Waals surface area (Å²) in [5.41, 5.74) is 12.3. The van der Waals surface area contributed by atoms with Gasteiger partial charge in [-0.05, 0) is 38.7 Å². The lowest BCUT2D eigenvalue weighted by atomic mass is 9.85. The Kier molecular flexibility index (Phi) is 5.69. The molecule has 5 aromatic rings. The van der Waals surface area contributed by atoms with Gasteiger partial charge in [0.15, 0.2) is 11.4 Å². The van der Waals surface area contributed by atoms with Gasteiger partial charge in [-0.2, -0.15) is 9.61 Å². The smallest absolute Gasteiger partial charge is 0.274 e. The molecule has 1 aromatic carbocycles. The molecule has 200 valence electrons. The molecular formula is C30H28N8O2. The maximum Gasteiger partial charge on any atom is 0.274 e. The summed E-state index contributed by atoms with van der Waals surface area (Å²) in [6, 6.07) is 14.1. The molecule has 2 bridgehead atoms. The van der Waals surface area contributed by atoms with Crippen LogP contribution in [0.4, 0.5) is 5.82 Å². The summed E-state index contributed by atoms with van der Waals surface area (Å²) in [6.07, 6.45) is 9.97. The van der Waals surface area contributed by atoms with Crippen molar-refractivity contribution in [2.45, 2.75) is 50.6 Å². The molecule has 4 aromatic heterocycles. The molecule has 3 atom stereocenters. The van der Waals surface area contributed by atoms with Gasteiger partial charge in [-0.3, -0.25) is 14.6 Å². The highest BCUT2D eigenvalue weighted by molar-refractivity contribution is 6.00. The third-order valence-electron chi connectivity index (χ3n) is 8.28. The summed E-state index contributed by atoms with van der Waals surface area (Å²) in [6.45, 7) is 1.52. The molecule has 0 aliphatic carbocycles. The van der Waals surface area contributed by atoms with Crippen molar-refractivity contribution in [3.8, 4) is 22.4 Å². The van der Waals surface area contributed by atoms with E-state index in [1.807, 2.05) is 53.6 Å². The number of nitrogens with two attached hydrogens (primary N) is 1. The molecular weight excluding hydrogens is 504 g/mol. The number of ketones is 1. The van der Waals surface area contributed by atoms with Gasteiger partial charge in [0, 0.05) is 47.1 Å². The van der Waals surface area contributed by atoms with Crippen LogP contribution in [0, 0.1) is 0 Å². The van der Waals surface area contributed by atoms with E-state index in [1.165, 1.54) is 13.3 Å². The zero-order chi connectivity index (χ0) is 27.4. The number of amides is 1. The number of benzene rings is 1. The Morgan fingerprint density at radius 2 is 1.75 bits per heavy atom. The van der Waals surface area contributed by atoms with Crippen LogP contribution >= 0.6 is 0 Å². The number of rotatable bonds is 5. The van der Waals surface area contributed by atoms with Crippen molar-refractivity contribution in [3.63, 3.8) is 0 Å². The van der Waals surface area contributed by atoms with Crippen molar-refractivity contribution in [2.75, 3.05) is 5.73 Å². The van der Waals surface area contributed by atoms with Crippen LogP contribution in [0.1, 0.15) is 65.1 Å². The maximum atomic E-state index is 13.2. The lowest BCUT2D eigenvalue weighted by Crippen LogP contribution is -2.46. The molecule has 0 saturated carbocycles. The SMILES string of the molecule is CC(=O)c1c([C@@H]2C[C@H]3CC[C@@H](C2)N3C(=O)c2c[nH]cn2)nc2c(-c3ccc(-c4ccccc4)nc3)cnn2c1N. The molecule has 2 fully saturated rings. The van der Waals surface area contributed by atoms with E-state index < -0.39 is 0 Å². The first kappa shape index (κ1) is 24.2. The fourth-order valence-electron chi connectivity index (χ4n) is 6.47. The number of piperidine rings is 1. The molecule has 10 nitrogen and oxygen atoms in total. The minimum absolute atomic E-state index is 0.00624. The molecule has 1 amide bonds. The number of carbonyl (C=O) groups is 2. The number of anilines is 1. The largest absolute Gasteiger partial charge is 0.383 e. The van der Waals surface area contributed by atoms with E-state index in [-0.39, 0.29) is 35.5 Å². The minimum Gasteiger partial charge on any atom is -0.383 e. The van der Waals surface area contributed by atoms with Crippen LogP contribution < -0.4 is 5.73 Å². The van der Waals surface area contributed by atoms with E-state index in [1.54, 1.807) is 16.9 Å². The van der Waals surface area contributed by atoms with E-state index in [0.29, 0.717) is 35.4 Å². The lowest BCUT2D eigenvalue weighted by Gasteiger charge is -2.39. The number of imidazole rings is 1. The van der Waals surface area contributed by atoms with Crippen molar-refractivity contribution >= 4 is 23.2 Å². The standard InChI is InChI=1S/C30H28N8O2/c1-17(39)26-27(20-11-21-8-9-22(12-20)37(21)30(40)25-15-32-16-34-25)36-29-23(14-35-38(29)28(26)31)19-7-10-24(33-13-19)18-5-3-2-4-6-18/h2-7,10,13-16,20-22H,8-9,11-12,31H2,1H3,(H,32,34)/t20-,21-,22+. The second-order valence-corrected chi connectivity index (χ2v) is 10.6. The Bertz CT molecular complexity index is 1710. The number of H-pyrrole nitrogens is 1. The van der Waals surface area contributed by atoms with E-state index in [9.17, 15) is 9.59 Å². The van der Waals surface area contributed by atoms with Crippen LogP contribution in [0.2, 0.25) is 0 Å². The first-order valence-electron chi connectivity index (χ1n) is 13.5. The zero-order valence-electron chi connectivity index (χ0n) is 22.0. The second kappa shape index (κ2) is 9.41. The molecule has 3 N–H and O–H groups in total. The Morgan fingerprint density at radius 1 is 0.975 bits per heavy atom. The molecule has 2 aliphatic heterocycles. The predicted octanol–water partition coefficient (Wildman–Crippen LogP) is 4.52. The van der Waals surface area contributed by atoms with E-state index in [2.05, 4.69) is 20.1 Å². The van der Waals surface area contributed by atoms with Gasteiger partial charge < -0.3 is 15.6 Å². The van der Waals surface area contributed by atoms with Gasteiger partial charge in [0.05, 0.1) is 29.5 Å². The van der Waals surface area contributed by atoms with Crippen LogP contribution in [0.3, 0.4) is 0 Å². The lowest BCUT2D eigenvalue weighted by molar-refractivity contribution is 0.0563. The zero-order valence-corrected chi connectivity index (χ0v) is 22.0. The van der Waals surface area contributed by atoms with E-state index >= 15 is 0 Å². The fraction of sp³-hybridized carbons (Fsp3) is 0.267. The summed E-state index contributed by atoms with van der Waals surface area (Å²) in [4.78, 5) is 44.8. The Balaban J connectivity index is 1.26. The summed E-state index contributed by atoms with van der Waals surface area (Å²) >= 11 is 0. The average Bonchev–Trinajstić information content (AvgIpc) is 3.71. The van der Waals surface area contributed by atoms with Gasteiger partial charge >= 0.3 is 0 Å². The number of fused-ring (bicyclic) bond motifs is 3. The Hall–Kier alpha value is -4.86.